The van der Waals surface area contributed by atoms with Crippen molar-refractivity contribution in [3.05, 3.63) is 276 Å². The number of benzene rings is 10. The fraction of sp³-hybridized carbons (Fsp3) is 0.0476. The van der Waals surface area contributed by atoms with Crippen molar-refractivity contribution >= 4 is 38.9 Å². The van der Waals surface area contributed by atoms with Crippen LogP contribution in [0.5, 0.6) is 0 Å². The minimum Gasteiger partial charge on any atom is -0.310 e. The summed E-state index contributed by atoms with van der Waals surface area (Å²) < 4.78 is 2.39. The van der Waals surface area contributed by atoms with Gasteiger partial charge >= 0.3 is 0 Å². The maximum atomic E-state index is 2.48. The van der Waals surface area contributed by atoms with Gasteiger partial charge in [0.1, 0.15) is 0 Å². The summed E-state index contributed by atoms with van der Waals surface area (Å²) >= 11 is 0. The zero-order valence-electron chi connectivity index (χ0n) is 36.5. The van der Waals surface area contributed by atoms with Gasteiger partial charge in [-0.2, -0.15) is 0 Å². The number of hydrogen-bond acceptors (Lipinski definition) is 1. The van der Waals surface area contributed by atoms with E-state index in [0.29, 0.717) is 0 Å². The van der Waals surface area contributed by atoms with Crippen LogP contribution in [0.15, 0.2) is 243 Å². The molecule has 0 saturated carbocycles. The van der Waals surface area contributed by atoms with E-state index in [1.165, 1.54) is 88.7 Å². The molecule has 10 aromatic carbocycles. The zero-order valence-corrected chi connectivity index (χ0v) is 36.5. The van der Waals surface area contributed by atoms with Crippen LogP contribution in [0.2, 0.25) is 0 Å². The number of rotatable bonds is 8. The fourth-order valence-corrected chi connectivity index (χ4v) is 10.8. The van der Waals surface area contributed by atoms with Crippen molar-refractivity contribution in [2.75, 3.05) is 4.90 Å². The highest BCUT2D eigenvalue weighted by molar-refractivity contribution is 6.10. The first kappa shape index (κ1) is 38.5. The van der Waals surface area contributed by atoms with Crippen LogP contribution < -0.4 is 4.90 Å². The first-order chi connectivity index (χ1) is 32.1. The summed E-state index contributed by atoms with van der Waals surface area (Å²) in [6.45, 7) is 4.47. The molecule has 0 bridgehead atoms. The minimum absolute atomic E-state index is 0.502. The van der Waals surface area contributed by atoms with E-state index in [0.717, 1.165) is 22.6 Å². The van der Waals surface area contributed by atoms with Gasteiger partial charge in [-0.05, 0) is 135 Å². The molecule has 0 aliphatic heterocycles. The second-order valence-corrected chi connectivity index (χ2v) is 17.4. The van der Waals surface area contributed by atoms with Crippen LogP contribution in [0.3, 0.4) is 0 Å². The highest BCUT2D eigenvalue weighted by atomic mass is 15.1. The Hall–Kier alpha value is -8.20. The summed E-state index contributed by atoms with van der Waals surface area (Å²) in [6, 6.07) is 89.4. The van der Waals surface area contributed by atoms with Crippen molar-refractivity contribution in [3.8, 4) is 39.1 Å². The number of fused-ring (bicyclic) bond motifs is 6. The minimum atomic E-state index is -0.502. The Morgan fingerprint density at radius 3 is 1.62 bits per heavy atom. The third-order valence-electron chi connectivity index (χ3n) is 13.7. The molecule has 0 spiro atoms. The summed E-state index contributed by atoms with van der Waals surface area (Å²) in [4.78, 5) is 2.48. The number of para-hydroxylation sites is 3. The van der Waals surface area contributed by atoms with Crippen molar-refractivity contribution in [3.63, 3.8) is 0 Å². The molecule has 0 radical (unpaired) electrons. The van der Waals surface area contributed by atoms with Gasteiger partial charge in [0.2, 0.25) is 0 Å². The molecule has 65 heavy (non-hydrogen) atoms. The lowest BCUT2D eigenvalue weighted by Gasteiger charge is -2.35. The first-order valence-corrected chi connectivity index (χ1v) is 22.6. The van der Waals surface area contributed by atoms with Crippen LogP contribution in [-0.2, 0) is 5.41 Å². The second kappa shape index (κ2) is 15.6. The van der Waals surface area contributed by atoms with E-state index in [-0.39, 0.29) is 0 Å². The van der Waals surface area contributed by atoms with Gasteiger partial charge in [-0.3, -0.25) is 0 Å². The molecule has 2 heteroatoms. The molecule has 1 aromatic heterocycles. The van der Waals surface area contributed by atoms with Gasteiger partial charge in [-0.25, -0.2) is 0 Å². The predicted octanol–water partition coefficient (Wildman–Crippen LogP) is 16.6. The number of anilines is 3. The molecular formula is C63H46N2. The lowest BCUT2D eigenvalue weighted by molar-refractivity contribution is 0.768. The topological polar surface area (TPSA) is 8.17 Å². The first-order valence-electron chi connectivity index (χ1n) is 22.6. The highest BCUT2D eigenvalue weighted by Gasteiger charge is 2.46. The van der Waals surface area contributed by atoms with Gasteiger partial charge in [0.15, 0.2) is 0 Å². The van der Waals surface area contributed by atoms with Crippen LogP contribution in [-0.4, -0.2) is 4.57 Å². The highest BCUT2D eigenvalue weighted by Crippen LogP contribution is 2.57. The van der Waals surface area contributed by atoms with E-state index in [2.05, 4.69) is 266 Å². The average Bonchev–Trinajstić information content (AvgIpc) is 3.86. The Labute approximate surface area is 381 Å². The van der Waals surface area contributed by atoms with Crippen LogP contribution in [0.1, 0.15) is 33.4 Å². The Morgan fingerprint density at radius 1 is 0.354 bits per heavy atom. The summed E-state index contributed by atoms with van der Waals surface area (Å²) in [5.41, 5.74) is 21.3. The Balaban J connectivity index is 1.01. The Kier molecular flexibility index (Phi) is 9.21. The summed E-state index contributed by atoms with van der Waals surface area (Å²) in [7, 11) is 0. The molecule has 0 N–H and O–H groups in total. The molecule has 1 heterocycles. The largest absolute Gasteiger partial charge is 0.310 e. The van der Waals surface area contributed by atoms with Crippen LogP contribution in [0.25, 0.3) is 60.9 Å². The third-order valence-corrected chi connectivity index (χ3v) is 13.7. The molecule has 1 aliphatic carbocycles. The van der Waals surface area contributed by atoms with Crippen molar-refractivity contribution in [2.45, 2.75) is 19.3 Å². The molecule has 11 aromatic rings. The molecule has 0 amide bonds. The molecule has 0 atom stereocenters. The molecule has 308 valence electrons. The van der Waals surface area contributed by atoms with Gasteiger partial charge in [-0.1, -0.05) is 188 Å². The quantitative estimate of drug-likeness (QED) is 0.148. The predicted molar refractivity (Wildman–Crippen MR) is 273 cm³/mol. The van der Waals surface area contributed by atoms with Gasteiger partial charge in [0.25, 0.3) is 0 Å². The van der Waals surface area contributed by atoms with Crippen molar-refractivity contribution in [1.82, 2.24) is 4.57 Å². The monoisotopic (exact) mass is 830 g/mol. The van der Waals surface area contributed by atoms with E-state index in [1.807, 2.05) is 0 Å². The Bertz CT molecular complexity index is 3500. The molecule has 0 saturated heterocycles. The van der Waals surface area contributed by atoms with E-state index in [1.54, 1.807) is 0 Å². The lowest BCUT2D eigenvalue weighted by Crippen LogP contribution is -2.28. The van der Waals surface area contributed by atoms with E-state index in [4.69, 9.17) is 0 Å². The van der Waals surface area contributed by atoms with E-state index >= 15 is 0 Å². The molecule has 1 aliphatic rings. The SMILES string of the molecule is Cc1cccc(C)c1N(c1cccc(-c2cccc(-c3ccc4c5ccccc5n(-c5ccccc5)c4c3)c2)c1)c1ccc2c(c1)C(c1ccccc1)(c1ccccc1)c1ccccc1-2. The van der Waals surface area contributed by atoms with Crippen molar-refractivity contribution < 1.29 is 0 Å². The van der Waals surface area contributed by atoms with Gasteiger partial charge < -0.3 is 9.47 Å². The number of nitrogens with zero attached hydrogens (tertiary/aromatic N) is 2. The number of hydrogen-bond donors (Lipinski definition) is 0. The van der Waals surface area contributed by atoms with Gasteiger partial charge in [-0.15, -0.1) is 0 Å². The third kappa shape index (κ3) is 6.17. The van der Waals surface area contributed by atoms with E-state index in [9.17, 15) is 0 Å². The normalized spacial score (nSPS) is 12.6. The summed E-state index contributed by atoms with van der Waals surface area (Å²) in [5.74, 6) is 0. The maximum absolute atomic E-state index is 2.48. The second-order valence-electron chi connectivity index (χ2n) is 17.4. The molecule has 2 nitrogen and oxygen atoms in total. The standard InChI is InChI=1S/C63H46N2/c1-43-19-16-20-44(2)62(43)64(53-36-38-55-54-31-12-14-33-58(54)63(59(55)42-53,49-24-6-3-7-25-49)50-26-8-4-9-27-50)52-30-18-23-47(40-52)45-21-17-22-46(39-45)48-35-37-57-56-32-13-15-34-60(56)65(61(57)41-48)51-28-10-5-11-29-51/h3-42H,1-2H3. The molecular weight excluding hydrogens is 785 g/mol. The van der Waals surface area contributed by atoms with Crippen molar-refractivity contribution in [1.29, 1.82) is 0 Å². The number of aromatic nitrogens is 1. The fourth-order valence-electron chi connectivity index (χ4n) is 10.8. The Morgan fingerprint density at radius 2 is 0.892 bits per heavy atom. The zero-order chi connectivity index (χ0) is 43.5. The lowest BCUT2D eigenvalue weighted by atomic mass is 9.67. The smallest absolute Gasteiger partial charge is 0.0714 e. The van der Waals surface area contributed by atoms with Crippen LogP contribution in [0.4, 0.5) is 17.1 Å². The molecule has 12 rings (SSSR count). The van der Waals surface area contributed by atoms with Gasteiger partial charge in [0, 0.05) is 27.8 Å². The molecule has 0 unspecified atom stereocenters. The van der Waals surface area contributed by atoms with Crippen LogP contribution >= 0.6 is 0 Å². The maximum Gasteiger partial charge on any atom is 0.0714 e. The number of aryl methyl sites for hydroxylation is 2. The van der Waals surface area contributed by atoms with Gasteiger partial charge in [0.05, 0.1) is 22.1 Å². The summed E-state index contributed by atoms with van der Waals surface area (Å²) in [6.07, 6.45) is 0. The average molecular weight is 831 g/mol. The molecule has 0 fully saturated rings. The van der Waals surface area contributed by atoms with E-state index < -0.39 is 5.41 Å². The van der Waals surface area contributed by atoms with Crippen molar-refractivity contribution in [2.24, 2.45) is 0 Å². The summed E-state index contributed by atoms with van der Waals surface area (Å²) in [5, 5.41) is 2.51. The van der Waals surface area contributed by atoms with Crippen LogP contribution in [0, 0.1) is 13.8 Å².